The largest absolute Gasteiger partial charge is 0.506 e. The zero-order valence-electron chi connectivity index (χ0n) is 13.9. The lowest BCUT2D eigenvalue weighted by atomic mass is 10.1. The van der Waals surface area contributed by atoms with E-state index in [4.69, 9.17) is 11.6 Å². The number of hydrogen-bond acceptors (Lipinski definition) is 4. The Morgan fingerprint density at radius 1 is 1.23 bits per heavy atom. The summed E-state index contributed by atoms with van der Waals surface area (Å²) >= 11 is 5.79. The van der Waals surface area contributed by atoms with E-state index in [2.05, 4.69) is 10.5 Å². The quantitative estimate of drug-likeness (QED) is 0.547. The Labute approximate surface area is 154 Å². The van der Waals surface area contributed by atoms with E-state index >= 15 is 0 Å². The fourth-order valence-electron chi connectivity index (χ4n) is 2.66. The molecule has 6 nitrogen and oxygen atoms in total. The molecule has 0 saturated heterocycles. The number of rotatable bonds is 4. The van der Waals surface area contributed by atoms with Crippen LogP contribution in [0.25, 0.3) is 10.9 Å². The van der Waals surface area contributed by atoms with Gasteiger partial charge < -0.3 is 9.67 Å². The second-order valence-corrected chi connectivity index (χ2v) is 5.97. The fraction of sp³-hybridized carbons (Fsp3) is 0.105. The summed E-state index contributed by atoms with van der Waals surface area (Å²) in [6.45, 7) is 2.28. The van der Waals surface area contributed by atoms with E-state index in [9.17, 15) is 14.7 Å². The van der Waals surface area contributed by atoms with Crippen LogP contribution in [0.5, 0.6) is 5.75 Å². The number of amides is 1. The Morgan fingerprint density at radius 3 is 2.62 bits per heavy atom. The molecule has 3 aromatic rings. The van der Waals surface area contributed by atoms with Crippen molar-refractivity contribution in [1.82, 2.24) is 9.99 Å². The lowest BCUT2D eigenvalue weighted by Gasteiger charge is -2.11. The molecule has 0 spiro atoms. The average molecular weight is 370 g/mol. The summed E-state index contributed by atoms with van der Waals surface area (Å²) < 4.78 is 1.54. The minimum atomic E-state index is -0.450. The van der Waals surface area contributed by atoms with Gasteiger partial charge in [-0.1, -0.05) is 23.7 Å². The molecule has 7 heteroatoms. The zero-order valence-corrected chi connectivity index (χ0v) is 14.7. The number of halogens is 1. The lowest BCUT2D eigenvalue weighted by molar-refractivity contribution is 0.0955. The highest BCUT2D eigenvalue weighted by Gasteiger charge is 2.14. The summed E-state index contributed by atoms with van der Waals surface area (Å²) in [6.07, 6.45) is 1.16. The Balaban J connectivity index is 1.93. The maximum Gasteiger partial charge on any atom is 0.271 e. The van der Waals surface area contributed by atoms with Crippen LogP contribution in [-0.2, 0) is 6.54 Å². The molecule has 0 aliphatic carbocycles. The van der Waals surface area contributed by atoms with Crippen molar-refractivity contribution in [1.29, 1.82) is 0 Å². The molecule has 0 fully saturated rings. The van der Waals surface area contributed by atoms with E-state index < -0.39 is 5.91 Å². The topological polar surface area (TPSA) is 83.7 Å². The van der Waals surface area contributed by atoms with Crippen LogP contribution < -0.4 is 11.0 Å². The van der Waals surface area contributed by atoms with E-state index in [-0.39, 0.29) is 16.9 Å². The predicted octanol–water partition coefficient (Wildman–Crippen LogP) is 3.14. The first-order valence-corrected chi connectivity index (χ1v) is 8.34. The molecule has 1 amide bonds. The number of pyridine rings is 1. The summed E-state index contributed by atoms with van der Waals surface area (Å²) in [4.78, 5) is 24.6. The molecule has 2 N–H and O–H groups in total. The molecule has 132 valence electrons. The number of aromatic nitrogens is 1. The molecule has 1 heterocycles. The molecule has 0 unspecified atom stereocenters. The number of aryl methyl sites for hydroxylation is 1. The molecule has 1 aromatic heterocycles. The summed E-state index contributed by atoms with van der Waals surface area (Å²) in [5, 5.41) is 15.3. The highest BCUT2D eigenvalue weighted by molar-refractivity contribution is 6.30. The Bertz CT molecular complexity index is 1060. The van der Waals surface area contributed by atoms with Crippen LogP contribution in [0.4, 0.5) is 0 Å². The number of nitrogens with one attached hydrogen (secondary N) is 1. The van der Waals surface area contributed by atoms with E-state index in [0.29, 0.717) is 28.0 Å². The Hall–Kier alpha value is -3.12. The van der Waals surface area contributed by atoms with Gasteiger partial charge in [0.1, 0.15) is 11.3 Å². The first kappa shape index (κ1) is 17.7. The van der Waals surface area contributed by atoms with E-state index in [1.165, 1.54) is 4.57 Å². The normalized spacial score (nSPS) is 11.2. The molecule has 0 saturated carbocycles. The Kier molecular flexibility index (Phi) is 5.04. The van der Waals surface area contributed by atoms with Gasteiger partial charge in [-0.3, -0.25) is 9.59 Å². The van der Waals surface area contributed by atoms with Gasteiger partial charge in [-0.05, 0) is 43.3 Å². The van der Waals surface area contributed by atoms with Crippen molar-refractivity contribution in [2.24, 2.45) is 5.10 Å². The molecule has 2 aromatic carbocycles. The molecule has 0 aliphatic heterocycles. The second kappa shape index (κ2) is 7.41. The van der Waals surface area contributed by atoms with Gasteiger partial charge >= 0.3 is 0 Å². The molecule has 0 bridgehead atoms. The van der Waals surface area contributed by atoms with Gasteiger partial charge in [0, 0.05) is 22.5 Å². The monoisotopic (exact) mass is 369 g/mol. The van der Waals surface area contributed by atoms with Crippen molar-refractivity contribution in [2.45, 2.75) is 13.5 Å². The summed E-state index contributed by atoms with van der Waals surface area (Å²) in [7, 11) is 0. The second-order valence-electron chi connectivity index (χ2n) is 5.53. The number of para-hydroxylation sites is 1. The molecule has 0 radical (unpaired) electrons. The average Bonchev–Trinajstić information content (AvgIpc) is 2.65. The van der Waals surface area contributed by atoms with Crippen molar-refractivity contribution < 1.29 is 9.90 Å². The van der Waals surface area contributed by atoms with Crippen LogP contribution >= 0.6 is 11.6 Å². The number of hydrazone groups is 1. The van der Waals surface area contributed by atoms with Crippen LogP contribution in [0.1, 0.15) is 22.8 Å². The Morgan fingerprint density at radius 2 is 1.92 bits per heavy atom. The van der Waals surface area contributed by atoms with Crippen molar-refractivity contribution in [2.75, 3.05) is 0 Å². The first-order valence-electron chi connectivity index (χ1n) is 7.96. The van der Waals surface area contributed by atoms with Crippen LogP contribution in [0.15, 0.2) is 58.4 Å². The number of hydrogen-bond donors (Lipinski definition) is 2. The third kappa shape index (κ3) is 3.32. The summed E-state index contributed by atoms with van der Waals surface area (Å²) in [5.74, 6) is -0.617. The molecular weight excluding hydrogens is 354 g/mol. The van der Waals surface area contributed by atoms with Crippen molar-refractivity contribution in [3.05, 3.63) is 75.0 Å². The third-order valence-electron chi connectivity index (χ3n) is 3.96. The van der Waals surface area contributed by atoms with E-state index in [1.807, 2.05) is 6.92 Å². The maximum atomic E-state index is 12.6. The number of nitrogens with zero attached hydrogens (tertiary/aromatic N) is 2. The third-order valence-corrected chi connectivity index (χ3v) is 4.22. The van der Waals surface area contributed by atoms with Gasteiger partial charge in [0.25, 0.3) is 11.5 Å². The minimum absolute atomic E-state index is 0.0157. The molecule has 0 aliphatic rings. The predicted molar refractivity (Wildman–Crippen MR) is 102 cm³/mol. The summed E-state index contributed by atoms with van der Waals surface area (Å²) in [5.41, 5.74) is 2.98. The number of aromatic hydroxyl groups is 1. The number of benzene rings is 2. The lowest BCUT2D eigenvalue weighted by Crippen LogP contribution is -2.24. The van der Waals surface area contributed by atoms with Crippen molar-refractivity contribution in [3.63, 3.8) is 0 Å². The van der Waals surface area contributed by atoms with E-state index in [0.717, 1.165) is 6.21 Å². The highest BCUT2D eigenvalue weighted by atomic mass is 35.5. The molecule has 26 heavy (non-hydrogen) atoms. The smallest absolute Gasteiger partial charge is 0.271 e. The minimum Gasteiger partial charge on any atom is -0.506 e. The zero-order chi connectivity index (χ0) is 18.7. The van der Waals surface area contributed by atoms with Gasteiger partial charge in [-0.15, -0.1) is 0 Å². The molecule has 3 rings (SSSR count). The first-order chi connectivity index (χ1) is 12.5. The van der Waals surface area contributed by atoms with Crippen LogP contribution in [-0.4, -0.2) is 21.8 Å². The molecular formula is C19H16ClN3O3. The van der Waals surface area contributed by atoms with Gasteiger partial charge in [0.05, 0.1) is 11.7 Å². The molecule has 0 atom stereocenters. The van der Waals surface area contributed by atoms with Crippen LogP contribution in [0.3, 0.4) is 0 Å². The van der Waals surface area contributed by atoms with Gasteiger partial charge in [-0.2, -0.15) is 5.10 Å². The van der Waals surface area contributed by atoms with Crippen molar-refractivity contribution >= 4 is 34.6 Å². The number of carbonyl (C=O) groups is 1. The number of carbonyl (C=O) groups excluding carboxylic acids is 1. The number of fused-ring (bicyclic) bond motifs is 1. The van der Waals surface area contributed by atoms with Gasteiger partial charge in [0.2, 0.25) is 0 Å². The maximum absolute atomic E-state index is 12.6. The fourth-order valence-corrected chi connectivity index (χ4v) is 2.79. The highest BCUT2D eigenvalue weighted by Crippen LogP contribution is 2.25. The summed E-state index contributed by atoms with van der Waals surface area (Å²) in [6, 6.07) is 13.4. The van der Waals surface area contributed by atoms with E-state index in [1.54, 1.807) is 48.5 Å². The van der Waals surface area contributed by atoms with Gasteiger partial charge in [0.15, 0.2) is 0 Å². The van der Waals surface area contributed by atoms with Crippen molar-refractivity contribution in [3.8, 4) is 5.75 Å². The SMILES string of the molecule is CCn1c(=O)c(/C=N/NC(=O)c2ccc(Cl)cc2)c(O)c2ccccc21. The standard InChI is InChI=1S/C19H16ClN3O3/c1-2-23-16-6-4-3-5-14(16)17(24)15(19(23)26)11-21-22-18(25)12-7-9-13(20)10-8-12/h3-11,24H,2H2,1H3,(H,22,25)/b21-11+. The van der Waals surface area contributed by atoms with Crippen LogP contribution in [0, 0.1) is 0 Å². The van der Waals surface area contributed by atoms with Crippen LogP contribution in [0.2, 0.25) is 5.02 Å². The van der Waals surface area contributed by atoms with Gasteiger partial charge in [-0.25, -0.2) is 5.43 Å².